The van der Waals surface area contributed by atoms with Gasteiger partial charge in [0.25, 0.3) is 0 Å². The van der Waals surface area contributed by atoms with E-state index in [9.17, 15) is 4.79 Å². The Morgan fingerprint density at radius 3 is 2.41 bits per heavy atom. The van der Waals surface area contributed by atoms with Crippen molar-refractivity contribution < 1.29 is 9.53 Å². The van der Waals surface area contributed by atoms with Gasteiger partial charge in [0.1, 0.15) is 5.60 Å². The van der Waals surface area contributed by atoms with E-state index >= 15 is 0 Å². The molecule has 0 saturated carbocycles. The molecule has 0 radical (unpaired) electrons. The molecule has 3 atom stereocenters. The molecule has 3 unspecified atom stereocenters. The summed E-state index contributed by atoms with van der Waals surface area (Å²) in [5.41, 5.74) is -0.408. The molecule has 2 saturated heterocycles. The van der Waals surface area contributed by atoms with Gasteiger partial charge in [-0.25, -0.2) is 4.79 Å². The first-order chi connectivity index (χ1) is 10.2. The summed E-state index contributed by atoms with van der Waals surface area (Å²) >= 11 is 0. The Hall–Kier alpha value is -0.810. The van der Waals surface area contributed by atoms with Crippen molar-refractivity contribution in [1.29, 1.82) is 0 Å². The van der Waals surface area contributed by atoms with Crippen molar-refractivity contribution in [2.75, 3.05) is 39.3 Å². The highest BCUT2D eigenvalue weighted by Crippen LogP contribution is 2.23. The highest BCUT2D eigenvalue weighted by molar-refractivity contribution is 5.68. The highest BCUT2D eigenvalue weighted by atomic mass is 16.6. The van der Waals surface area contributed by atoms with Crippen LogP contribution in [0.25, 0.3) is 0 Å². The average Bonchev–Trinajstić information content (AvgIpc) is 2.42. The van der Waals surface area contributed by atoms with Crippen molar-refractivity contribution in [2.45, 2.75) is 52.7 Å². The summed E-state index contributed by atoms with van der Waals surface area (Å²) in [6.07, 6.45) is 1.09. The number of hydrogen-bond acceptors (Lipinski definition) is 4. The second-order valence-electron chi connectivity index (χ2n) is 8.05. The fourth-order valence-electron chi connectivity index (χ4n) is 3.35. The number of rotatable bonds is 2. The molecule has 2 aliphatic rings. The van der Waals surface area contributed by atoms with Crippen molar-refractivity contribution >= 4 is 6.09 Å². The molecule has 128 valence electrons. The third-order valence-electron chi connectivity index (χ3n) is 4.77. The fourth-order valence-corrected chi connectivity index (χ4v) is 3.35. The Labute approximate surface area is 135 Å². The summed E-state index contributed by atoms with van der Waals surface area (Å²) in [6.45, 7) is 16.2. The Balaban J connectivity index is 1.76. The van der Waals surface area contributed by atoms with E-state index in [2.05, 4.69) is 24.1 Å². The van der Waals surface area contributed by atoms with Crippen LogP contribution in [-0.4, -0.2) is 66.8 Å². The summed E-state index contributed by atoms with van der Waals surface area (Å²) in [5, 5.41) is 3.55. The molecule has 0 aromatic heterocycles. The standard InChI is InChI=1S/C17H33N3O2/c1-13-11-18-14(2)10-15(13)12-19-6-8-20(9-7-19)16(21)22-17(3,4)5/h13-15,18H,6-12H2,1-5H3. The summed E-state index contributed by atoms with van der Waals surface area (Å²) in [6, 6.07) is 0.629. The minimum atomic E-state index is -0.408. The zero-order valence-corrected chi connectivity index (χ0v) is 14.9. The van der Waals surface area contributed by atoms with E-state index in [1.807, 2.05) is 25.7 Å². The van der Waals surface area contributed by atoms with E-state index in [0.29, 0.717) is 6.04 Å². The summed E-state index contributed by atoms with van der Waals surface area (Å²) in [7, 11) is 0. The molecular formula is C17H33N3O2. The summed E-state index contributed by atoms with van der Waals surface area (Å²) < 4.78 is 5.45. The third kappa shape index (κ3) is 5.13. The van der Waals surface area contributed by atoms with E-state index in [0.717, 1.165) is 51.1 Å². The van der Waals surface area contributed by atoms with E-state index in [-0.39, 0.29) is 6.09 Å². The molecule has 2 fully saturated rings. The van der Waals surface area contributed by atoms with Crippen LogP contribution in [0.3, 0.4) is 0 Å². The number of piperidine rings is 1. The quantitative estimate of drug-likeness (QED) is 0.849. The van der Waals surface area contributed by atoms with Crippen LogP contribution >= 0.6 is 0 Å². The van der Waals surface area contributed by atoms with E-state index in [1.165, 1.54) is 6.42 Å². The largest absolute Gasteiger partial charge is 0.444 e. The van der Waals surface area contributed by atoms with Gasteiger partial charge in [0.2, 0.25) is 0 Å². The number of piperazine rings is 1. The van der Waals surface area contributed by atoms with Crippen molar-refractivity contribution in [1.82, 2.24) is 15.1 Å². The normalized spacial score (nSPS) is 31.1. The third-order valence-corrected chi connectivity index (χ3v) is 4.77. The lowest BCUT2D eigenvalue weighted by Crippen LogP contribution is -2.52. The van der Waals surface area contributed by atoms with Crippen LogP contribution in [0.15, 0.2) is 0 Å². The lowest BCUT2D eigenvalue weighted by Gasteiger charge is -2.40. The number of hydrogen-bond donors (Lipinski definition) is 1. The maximum Gasteiger partial charge on any atom is 0.410 e. The smallest absolute Gasteiger partial charge is 0.410 e. The van der Waals surface area contributed by atoms with E-state index in [4.69, 9.17) is 4.74 Å². The van der Waals surface area contributed by atoms with Crippen LogP contribution in [0.4, 0.5) is 4.79 Å². The number of carbonyl (C=O) groups excluding carboxylic acids is 1. The van der Waals surface area contributed by atoms with Crippen LogP contribution in [0.5, 0.6) is 0 Å². The van der Waals surface area contributed by atoms with Crippen LogP contribution in [-0.2, 0) is 4.74 Å². The Bertz CT molecular complexity index is 373. The zero-order valence-electron chi connectivity index (χ0n) is 14.9. The lowest BCUT2D eigenvalue weighted by atomic mass is 9.84. The SMILES string of the molecule is CC1CC(CN2CCN(C(=O)OC(C)(C)C)CC2)C(C)CN1. The predicted octanol–water partition coefficient (Wildman–Crippen LogP) is 2.17. The first-order valence-electron chi connectivity index (χ1n) is 8.68. The van der Waals surface area contributed by atoms with Crippen molar-refractivity contribution in [2.24, 2.45) is 11.8 Å². The highest BCUT2D eigenvalue weighted by Gasteiger charge is 2.30. The molecule has 1 N–H and O–H groups in total. The van der Waals surface area contributed by atoms with Gasteiger partial charge >= 0.3 is 6.09 Å². The van der Waals surface area contributed by atoms with Gasteiger partial charge in [-0.3, -0.25) is 4.90 Å². The van der Waals surface area contributed by atoms with Crippen LogP contribution in [0.2, 0.25) is 0 Å². The molecule has 0 bridgehead atoms. The van der Waals surface area contributed by atoms with Crippen molar-refractivity contribution in [3.63, 3.8) is 0 Å². The minimum absolute atomic E-state index is 0.170. The first-order valence-corrected chi connectivity index (χ1v) is 8.68. The second kappa shape index (κ2) is 7.18. The monoisotopic (exact) mass is 311 g/mol. The Kier molecular flexibility index (Phi) is 5.72. The molecule has 5 heteroatoms. The molecule has 0 aliphatic carbocycles. The average molecular weight is 311 g/mol. The molecule has 1 amide bonds. The molecule has 2 rings (SSSR count). The Morgan fingerprint density at radius 2 is 1.82 bits per heavy atom. The van der Waals surface area contributed by atoms with E-state index < -0.39 is 5.60 Å². The molecule has 22 heavy (non-hydrogen) atoms. The first kappa shape index (κ1) is 17.5. The predicted molar refractivity (Wildman–Crippen MR) is 89.0 cm³/mol. The van der Waals surface area contributed by atoms with Gasteiger partial charge in [-0.1, -0.05) is 6.92 Å². The second-order valence-corrected chi connectivity index (χ2v) is 8.05. The van der Waals surface area contributed by atoms with Gasteiger partial charge in [0.05, 0.1) is 0 Å². The van der Waals surface area contributed by atoms with Gasteiger partial charge in [0.15, 0.2) is 0 Å². The van der Waals surface area contributed by atoms with Crippen LogP contribution in [0, 0.1) is 11.8 Å². The molecule has 2 heterocycles. The van der Waals surface area contributed by atoms with Gasteiger partial charge in [0, 0.05) is 38.8 Å². The number of nitrogens with zero attached hydrogens (tertiary/aromatic N) is 2. The van der Waals surface area contributed by atoms with E-state index in [1.54, 1.807) is 0 Å². The summed E-state index contributed by atoms with van der Waals surface area (Å²) in [5.74, 6) is 1.50. The van der Waals surface area contributed by atoms with Gasteiger partial charge in [-0.2, -0.15) is 0 Å². The van der Waals surface area contributed by atoms with Crippen molar-refractivity contribution in [3.8, 4) is 0 Å². The molecule has 0 aromatic carbocycles. The maximum absolute atomic E-state index is 12.1. The zero-order chi connectivity index (χ0) is 16.3. The van der Waals surface area contributed by atoms with Crippen LogP contribution in [0.1, 0.15) is 41.0 Å². The molecule has 5 nitrogen and oxygen atoms in total. The van der Waals surface area contributed by atoms with Gasteiger partial charge in [-0.05, 0) is 52.5 Å². The lowest BCUT2D eigenvalue weighted by molar-refractivity contribution is 0.0117. The number of nitrogens with one attached hydrogen (secondary N) is 1. The summed E-state index contributed by atoms with van der Waals surface area (Å²) in [4.78, 5) is 16.4. The van der Waals surface area contributed by atoms with Crippen LogP contribution < -0.4 is 5.32 Å². The Morgan fingerprint density at radius 1 is 1.18 bits per heavy atom. The number of amides is 1. The maximum atomic E-state index is 12.1. The number of ether oxygens (including phenoxy) is 1. The van der Waals surface area contributed by atoms with Gasteiger partial charge in [-0.15, -0.1) is 0 Å². The number of carbonyl (C=O) groups is 1. The van der Waals surface area contributed by atoms with Crippen molar-refractivity contribution in [3.05, 3.63) is 0 Å². The molecule has 2 aliphatic heterocycles. The fraction of sp³-hybridized carbons (Fsp3) is 0.941. The molecule has 0 spiro atoms. The van der Waals surface area contributed by atoms with Gasteiger partial charge < -0.3 is 15.0 Å². The minimum Gasteiger partial charge on any atom is -0.444 e. The molecular weight excluding hydrogens is 278 g/mol. The topological polar surface area (TPSA) is 44.8 Å². The molecule has 0 aromatic rings.